The predicted octanol–water partition coefficient (Wildman–Crippen LogP) is 3.65. The molecule has 0 unspecified atom stereocenters. The van der Waals surface area contributed by atoms with E-state index in [0.717, 1.165) is 19.3 Å². The standard InChI is InChI=1S/C14H24OSi/c1-12-8-6-9-13(15)14(12,2)10-7-11-16(3,4)5/h12H,6,8-10H2,1-5H3/t12-,14+/m0/s1. The minimum Gasteiger partial charge on any atom is -0.299 e. The molecule has 0 aromatic rings. The maximum Gasteiger partial charge on any atom is 0.139 e. The van der Waals surface area contributed by atoms with Gasteiger partial charge in [-0.1, -0.05) is 33.5 Å². The van der Waals surface area contributed by atoms with Gasteiger partial charge in [-0.3, -0.25) is 4.79 Å². The fourth-order valence-electron chi connectivity index (χ4n) is 2.21. The number of hydrogen-bond donors (Lipinski definition) is 0. The number of Topliss-reactive ketones (excluding diaryl/α,β-unsaturated/α-hetero) is 1. The normalized spacial score (nSPS) is 30.8. The van der Waals surface area contributed by atoms with Crippen LogP contribution in [0.4, 0.5) is 0 Å². The Balaban J connectivity index is 2.75. The summed E-state index contributed by atoms with van der Waals surface area (Å²) in [5.41, 5.74) is 3.20. The van der Waals surface area contributed by atoms with Gasteiger partial charge in [-0.2, -0.15) is 0 Å². The van der Waals surface area contributed by atoms with Crippen LogP contribution in [0.5, 0.6) is 0 Å². The van der Waals surface area contributed by atoms with Crippen LogP contribution in [-0.2, 0) is 4.79 Å². The van der Waals surface area contributed by atoms with Crippen LogP contribution in [0.3, 0.4) is 0 Å². The maximum atomic E-state index is 12.0. The van der Waals surface area contributed by atoms with Crippen LogP contribution in [0.2, 0.25) is 19.6 Å². The molecular weight excluding hydrogens is 212 g/mol. The molecule has 1 aliphatic carbocycles. The van der Waals surface area contributed by atoms with E-state index >= 15 is 0 Å². The van der Waals surface area contributed by atoms with Crippen molar-refractivity contribution in [3.8, 4) is 11.5 Å². The van der Waals surface area contributed by atoms with Crippen LogP contribution in [0, 0.1) is 22.8 Å². The summed E-state index contributed by atoms with van der Waals surface area (Å²) >= 11 is 0. The Kier molecular flexibility index (Phi) is 4.01. The van der Waals surface area contributed by atoms with Crippen LogP contribution in [0.25, 0.3) is 0 Å². The molecule has 16 heavy (non-hydrogen) atoms. The molecule has 0 aromatic heterocycles. The minimum absolute atomic E-state index is 0.176. The summed E-state index contributed by atoms with van der Waals surface area (Å²) in [5, 5.41) is 0. The molecule has 1 fully saturated rings. The highest BCUT2D eigenvalue weighted by Crippen LogP contribution is 2.40. The van der Waals surface area contributed by atoms with E-state index in [1.165, 1.54) is 6.42 Å². The molecule has 90 valence electrons. The number of carbonyl (C=O) groups excluding carboxylic acids is 1. The van der Waals surface area contributed by atoms with E-state index in [9.17, 15) is 4.79 Å². The Morgan fingerprint density at radius 3 is 2.56 bits per heavy atom. The zero-order chi connectivity index (χ0) is 12.4. The highest BCUT2D eigenvalue weighted by Gasteiger charge is 2.40. The van der Waals surface area contributed by atoms with Gasteiger partial charge in [-0.05, 0) is 18.8 Å². The third kappa shape index (κ3) is 3.22. The largest absolute Gasteiger partial charge is 0.299 e. The Hall–Kier alpha value is -0.553. The van der Waals surface area contributed by atoms with Crippen LogP contribution in [-0.4, -0.2) is 13.9 Å². The van der Waals surface area contributed by atoms with Crippen molar-refractivity contribution in [3.05, 3.63) is 0 Å². The lowest BCUT2D eigenvalue weighted by Crippen LogP contribution is -2.37. The third-order valence-corrected chi connectivity index (χ3v) is 4.61. The monoisotopic (exact) mass is 236 g/mol. The molecule has 2 atom stereocenters. The van der Waals surface area contributed by atoms with Crippen LogP contribution >= 0.6 is 0 Å². The molecule has 1 saturated carbocycles. The number of carbonyl (C=O) groups is 1. The van der Waals surface area contributed by atoms with Gasteiger partial charge in [0.15, 0.2) is 0 Å². The summed E-state index contributed by atoms with van der Waals surface area (Å²) in [5.74, 6) is 4.20. The van der Waals surface area contributed by atoms with Gasteiger partial charge in [0.1, 0.15) is 13.9 Å². The fourth-order valence-corrected chi connectivity index (χ4v) is 2.83. The first-order valence-corrected chi connectivity index (χ1v) is 9.79. The Labute approximate surface area is 101 Å². The first kappa shape index (κ1) is 13.5. The molecular formula is C14H24OSi. The van der Waals surface area contributed by atoms with Gasteiger partial charge in [-0.25, -0.2) is 0 Å². The maximum absolute atomic E-state index is 12.0. The second-order valence-corrected chi connectivity index (χ2v) is 11.1. The number of hydrogen-bond acceptors (Lipinski definition) is 1. The first-order valence-electron chi connectivity index (χ1n) is 6.29. The molecule has 0 bridgehead atoms. The highest BCUT2D eigenvalue weighted by molar-refractivity contribution is 6.83. The minimum atomic E-state index is -1.29. The number of rotatable bonds is 1. The molecule has 2 heteroatoms. The average molecular weight is 236 g/mol. The second-order valence-electron chi connectivity index (χ2n) is 6.36. The molecule has 0 spiro atoms. The van der Waals surface area contributed by atoms with Gasteiger partial charge in [0.05, 0.1) is 0 Å². The summed E-state index contributed by atoms with van der Waals surface area (Å²) in [4.78, 5) is 12.0. The van der Waals surface area contributed by atoms with Crippen molar-refractivity contribution in [2.45, 2.75) is 59.2 Å². The lowest BCUT2D eigenvalue weighted by atomic mass is 9.66. The molecule has 0 aromatic carbocycles. The van der Waals surface area contributed by atoms with Crippen molar-refractivity contribution in [1.82, 2.24) is 0 Å². The summed E-state index contributed by atoms with van der Waals surface area (Å²) < 4.78 is 0. The van der Waals surface area contributed by atoms with Crippen molar-refractivity contribution >= 4 is 13.9 Å². The molecule has 0 heterocycles. The van der Waals surface area contributed by atoms with Gasteiger partial charge < -0.3 is 0 Å². The fraction of sp³-hybridized carbons (Fsp3) is 0.786. The van der Waals surface area contributed by atoms with E-state index < -0.39 is 8.07 Å². The summed E-state index contributed by atoms with van der Waals surface area (Å²) in [7, 11) is -1.29. The van der Waals surface area contributed by atoms with Crippen LogP contribution in [0.1, 0.15) is 39.5 Å². The van der Waals surface area contributed by atoms with E-state index in [1.54, 1.807) is 0 Å². The quantitative estimate of drug-likeness (QED) is 0.502. The number of ketones is 1. The van der Waals surface area contributed by atoms with E-state index in [2.05, 4.69) is 45.0 Å². The second kappa shape index (κ2) is 4.75. The summed E-state index contributed by atoms with van der Waals surface area (Å²) in [6.45, 7) is 11.0. The van der Waals surface area contributed by atoms with E-state index in [4.69, 9.17) is 0 Å². The van der Waals surface area contributed by atoms with E-state index in [-0.39, 0.29) is 5.41 Å². The molecule has 1 nitrogen and oxygen atoms in total. The van der Waals surface area contributed by atoms with E-state index in [0.29, 0.717) is 11.7 Å². The smallest absolute Gasteiger partial charge is 0.139 e. The van der Waals surface area contributed by atoms with Crippen molar-refractivity contribution in [2.24, 2.45) is 11.3 Å². The van der Waals surface area contributed by atoms with Crippen molar-refractivity contribution in [2.75, 3.05) is 0 Å². The third-order valence-electron chi connectivity index (χ3n) is 3.68. The molecule has 0 radical (unpaired) electrons. The average Bonchev–Trinajstić information content (AvgIpc) is 2.12. The molecule has 0 saturated heterocycles. The predicted molar refractivity (Wildman–Crippen MR) is 71.9 cm³/mol. The zero-order valence-electron chi connectivity index (χ0n) is 11.3. The first-order chi connectivity index (χ1) is 7.26. The van der Waals surface area contributed by atoms with Crippen molar-refractivity contribution in [1.29, 1.82) is 0 Å². The van der Waals surface area contributed by atoms with Gasteiger partial charge in [0, 0.05) is 18.3 Å². The van der Waals surface area contributed by atoms with Crippen molar-refractivity contribution < 1.29 is 4.79 Å². The summed E-state index contributed by atoms with van der Waals surface area (Å²) in [6, 6.07) is 0. The molecule has 1 aliphatic rings. The zero-order valence-corrected chi connectivity index (χ0v) is 12.3. The van der Waals surface area contributed by atoms with Crippen LogP contribution in [0.15, 0.2) is 0 Å². The lowest BCUT2D eigenvalue weighted by molar-refractivity contribution is -0.133. The van der Waals surface area contributed by atoms with E-state index in [1.807, 2.05) is 0 Å². The van der Waals surface area contributed by atoms with Crippen molar-refractivity contribution in [3.63, 3.8) is 0 Å². The molecule has 0 aliphatic heterocycles. The summed E-state index contributed by atoms with van der Waals surface area (Å²) in [6.07, 6.45) is 3.76. The van der Waals surface area contributed by atoms with Crippen LogP contribution < -0.4 is 0 Å². The topological polar surface area (TPSA) is 17.1 Å². The Morgan fingerprint density at radius 2 is 2.06 bits per heavy atom. The molecule has 1 rings (SSSR count). The van der Waals surface area contributed by atoms with Gasteiger partial charge in [-0.15, -0.1) is 11.5 Å². The molecule has 0 N–H and O–H groups in total. The Bertz CT molecular complexity index is 329. The van der Waals surface area contributed by atoms with Gasteiger partial charge in [0.2, 0.25) is 0 Å². The SMILES string of the molecule is C[C@H]1CCCC(=O)[C@]1(C)CC#C[Si](C)(C)C. The van der Waals surface area contributed by atoms with Gasteiger partial charge >= 0.3 is 0 Å². The highest BCUT2D eigenvalue weighted by atomic mass is 28.3. The lowest BCUT2D eigenvalue weighted by Gasteiger charge is -2.36. The van der Waals surface area contributed by atoms with Gasteiger partial charge in [0.25, 0.3) is 0 Å². The molecule has 0 amide bonds. The Morgan fingerprint density at radius 1 is 1.44 bits per heavy atom.